The number of halogens is 1. The molecule has 0 aromatic carbocycles. The molecule has 4 heteroatoms. The van der Waals surface area contributed by atoms with Gasteiger partial charge in [-0.3, -0.25) is 0 Å². The maximum Gasteiger partial charge on any atom is 0.133 e. The van der Waals surface area contributed by atoms with Crippen LogP contribution < -0.4 is 0 Å². The van der Waals surface area contributed by atoms with Crippen LogP contribution >= 0.6 is 23.4 Å². The smallest absolute Gasteiger partial charge is 0.133 e. The highest BCUT2D eigenvalue weighted by Crippen LogP contribution is 2.32. The molecule has 3 atom stereocenters. The van der Waals surface area contributed by atoms with Crippen LogP contribution in [0.4, 0.5) is 0 Å². The number of alkyl halides is 1. The number of hydrogen-bond donors (Lipinski definition) is 0. The van der Waals surface area contributed by atoms with Crippen LogP contribution in [0.2, 0.25) is 0 Å². The first-order chi connectivity index (χ1) is 7.63. The SMILES string of the molecule is CC(C)=CCOC1CC(SC#N)CCC1Cl. The van der Waals surface area contributed by atoms with Crippen molar-refractivity contribution < 1.29 is 4.74 Å². The van der Waals surface area contributed by atoms with E-state index in [4.69, 9.17) is 21.6 Å². The third-order valence-corrected chi connectivity index (χ3v) is 4.05. The first-order valence-corrected chi connectivity index (χ1v) is 6.89. The predicted octanol–water partition coefficient (Wildman–Crippen LogP) is 3.71. The van der Waals surface area contributed by atoms with Crippen LogP contribution in [0.3, 0.4) is 0 Å². The molecule has 0 radical (unpaired) electrons. The molecule has 1 aliphatic carbocycles. The zero-order valence-corrected chi connectivity index (χ0v) is 11.4. The minimum Gasteiger partial charge on any atom is -0.373 e. The summed E-state index contributed by atoms with van der Waals surface area (Å²) in [6.07, 6.45) is 5.01. The number of hydrogen-bond acceptors (Lipinski definition) is 3. The molecule has 0 bridgehead atoms. The molecule has 0 aromatic heterocycles. The highest BCUT2D eigenvalue weighted by molar-refractivity contribution is 8.04. The van der Waals surface area contributed by atoms with E-state index in [-0.39, 0.29) is 11.5 Å². The van der Waals surface area contributed by atoms with Crippen molar-refractivity contribution in [1.82, 2.24) is 0 Å². The van der Waals surface area contributed by atoms with Gasteiger partial charge in [-0.2, -0.15) is 5.26 Å². The summed E-state index contributed by atoms with van der Waals surface area (Å²) in [7, 11) is 0. The molecule has 3 unspecified atom stereocenters. The second kappa shape index (κ2) is 7.21. The van der Waals surface area contributed by atoms with Gasteiger partial charge < -0.3 is 4.74 Å². The van der Waals surface area contributed by atoms with E-state index in [9.17, 15) is 0 Å². The molecule has 90 valence electrons. The van der Waals surface area contributed by atoms with Gasteiger partial charge in [-0.1, -0.05) is 11.6 Å². The van der Waals surface area contributed by atoms with Crippen molar-refractivity contribution in [3.63, 3.8) is 0 Å². The highest BCUT2D eigenvalue weighted by atomic mass is 35.5. The van der Waals surface area contributed by atoms with Gasteiger partial charge in [0.25, 0.3) is 0 Å². The molecule has 2 nitrogen and oxygen atoms in total. The second-order valence-corrected chi connectivity index (χ2v) is 5.96. The Morgan fingerprint density at radius 2 is 2.31 bits per heavy atom. The van der Waals surface area contributed by atoms with Crippen molar-refractivity contribution in [2.24, 2.45) is 0 Å². The van der Waals surface area contributed by atoms with E-state index in [1.54, 1.807) is 0 Å². The Morgan fingerprint density at radius 1 is 1.56 bits per heavy atom. The molecular formula is C12H18ClNOS. The quantitative estimate of drug-likeness (QED) is 0.438. The highest BCUT2D eigenvalue weighted by Gasteiger charge is 2.30. The third kappa shape index (κ3) is 4.78. The molecule has 0 amide bonds. The van der Waals surface area contributed by atoms with Gasteiger partial charge in [0.1, 0.15) is 5.40 Å². The van der Waals surface area contributed by atoms with Gasteiger partial charge in [0.2, 0.25) is 0 Å². The molecule has 0 aromatic rings. The molecule has 0 saturated heterocycles. The zero-order valence-electron chi connectivity index (χ0n) is 9.78. The van der Waals surface area contributed by atoms with Crippen molar-refractivity contribution >= 4 is 23.4 Å². The van der Waals surface area contributed by atoms with E-state index in [0.29, 0.717) is 11.9 Å². The van der Waals surface area contributed by atoms with Crippen LogP contribution in [-0.2, 0) is 4.74 Å². The summed E-state index contributed by atoms with van der Waals surface area (Å²) in [5, 5.41) is 11.3. The van der Waals surface area contributed by atoms with E-state index in [0.717, 1.165) is 19.3 Å². The first-order valence-electron chi connectivity index (χ1n) is 5.57. The van der Waals surface area contributed by atoms with Crippen molar-refractivity contribution in [2.75, 3.05) is 6.61 Å². The van der Waals surface area contributed by atoms with Gasteiger partial charge in [0, 0.05) is 5.25 Å². The van der Waals surface area contributed by atoms with Gasteiger partial charge in [0.15, 0.2) is 0 Å². The van der Waals surface area contributed by atoms with Crippen molar-refractivity contribution in [3.05, 3.63) is 11.6 Å². The summed E-state index contributed by atoms with van der Waals surface area (Å²) in [4.78, 5) is 0. The number of thiocyanates is 1. The van der Waals surface area contributed by atoms with Crippen molar-refractivity contribution in [2.45, 2.75) is 49.8 Å². The Balaban J connectivity index is 2.38. The maximum atomic E-state index is 8.65. The van der Waals surface area contributed by atoms with Gasteiger partial charge in [-0.25, -0.2) is 0 Å². The molecular weight excluding hydrogens is 242 g/mol. The fourth-order valence-corrected chi connectivity index (χ4v) is 2.74. The second-order valence-electron chi connectivity index (χ2n) is 4.31. The Kier molecular flexibility index (Phi) is 6.26. The Labute approximate surface area is 107 Å². The topological polar surface area (TPSA) is 33.0 Å². The summed E-state index contributed by atoms with van der Waals surface area (Å²) in [5.41, 5.74) is 1.25. The fraction of sp³-hybridized carbons (Fsp3) is 0.750. The van der Waals surface area contributed by atoms with E-state index in [2.05, 4.69) is 25.3 Å². The van der Waals surface area contributed by atoms with E-state index >= 15 is 0 Å². The molecule has 1 fully saturated rings. The lowest BCUT2D eigenvalue weighted by Crippen LogP contribution is -2.33. The molecule has 1 saturated carbocycles. The van der Waals surface area contributed by atoms with Crippen LogP contribution in [0.1, 0.15) is 33.1 Å². The lowest BCUT2D eigenvalue weighted by Gasteiger charge is -2.31. The summed E-state index contributed by atoms with van der Waals surface area (Å²) < 4.78 is 5.75. The number of allylic oxidation sites excluding steroid dienone is 1. The van der Waals surface area contributed by atoms with Gasteiger partial charge in [0.05, 0.1) is 18.1 Å². The van der Waals surface area contributed by atoms with Crippen molar-refractivity contribution in [3.8, 4) is 5.40 Å². The van der Waals surface area contributed by atoms with Crippen LogP contribution in [0, 0.1) is 10.7 Å². The summed E-state index contributed by atoms with van der Waals surface area (Å²) in [5.74, 6) is 0. The summed E-state index contributed by atoms with van der Waals surface area (Å²) in [6.45, 7) is 4.73. The number of ether oxygens (including phenoxy) is 1. The average Bonchev–Trinajstić information content (AvgIpc) is 2.22. The zero-order chi connectivity index (χ0) is 12.0. The minimum absolute atomic E-state index is 0.0943. The van der Waals surface area contributed by atoms with Gasteiger partial charge in [-0.05, 0) is 44.9 Å². The molecule has 1 rings (SSSR count). The van der Waals surface area contributed by atoms with E-state index < -0.39 is 0 Å². The summed E-state index contributed by atoms with van der Waals surface area (Å²) in [6, 6.07) is 0. The molecule has 0 heterocycles. The number of nitrogens with zero attached hydrogens (tertiary/aromatic N) is 1. The van der Waals surface area contributed by atoms with Crippen LogP contribution in [0.25, 0.3) is 0 Å². The lowest BCUT2D eigenvalue weighted by molar-refractivity contribution is 0.0514. The lowest BCUT2D eigenvalue weighted by atomic mass is 9.96. The fourth-order valence-electron chi connectivity index (χ4n) is 1.75. The Morgan fingerprint density at radius 3 is 2.94 bits per heavy atom. The molecule has 0 aliphatic heterocycles. The minimum atomic E-state index is 0.0943. The maximum absolute atomic E-state index is 8.65. The molecule has 16 heavy (non-hydrogen) atoms. The first kappa shape index (κ1) is 13.9. The van der Waals surface area contributed by atoms with Gasteiger partial charge >= 0.3 is 0 Å². The number of rotatable bonds is 4. The summed E-state index contributed by atoms with van der Waals surface area (Å²) >= 11 is 7.57. The monoisotopic (exact) mass is 259 g/mol. The number of thioether (sulfide) groups is 1. The van der Waals surface area contributed by atoms with Crippen LogP contribution in [-0.4, -0.2) is 23.3 Å². The Hall–Kier alpha value is -0.170. The van der Waals surface area contributed by atoms with Crippen molar-refractivity contribution in [1.29, 1.82) is 5.26 Å². The standard InChI is InChI=1S/C12H18ClNOS/c1-9(2)5-6-15-12-7-10(16-8-14)3-4-11(12)13/h5,10-12H,3-4,6-7H2,1-2H3. The molecule has 1 aliphatic rings. The largest absolute Gasteiger partial charge is 0.373 e. The van der Waals surface area contributed by atoms with Crippen LogP contribution in [0.15, 0.2) is 11.6 Å². The third-order valence-electron chi connectivity index (χ3n) is 2.68. The van der Waals surface area contributed by atoms with E-state index in [1.165, 1.54) is 17.3 Å². The Bertz CT molecular complexity index is 283. The average molecular weight is 260 g/mol. The van der Waals surface area contributed by atoms with E-state index in [1.807, 2.05) is 0 Å². The normalized spacial score (nSPS) is 29.5. The van der Waals surface area contributed by atoms with Gasteiger partial charge in [-0.15, -0.1) is 11.6 Å². The number of nitriles is 1. The van der Waals surface area contributed by atoms with Crippen LogP contribution in [0.5, 0.6) is 0 Å². The molecule has 0 N–H and O–H groups in total. The molecule has 0 spiro atoms. The predicted molar refractivity (Wildman–Crippen MR) is 69.7 cm³/mol.